The number of hydrogen-bond acceptors (Lipinski definition) is 5. The highest BCUT2D eigenvalue weighted by atomic mass is 16.6. The molecule has 0 spiro atoms. The third kappa shape index (κ3) is 3.07. The highest BCUT2D eigenvalue weighted by molar-refractivity contribution is 5.97. The fourth-order valence-electron chi connectivity index (χ4n) is 3.52. The van der Waals surface area contributed by atoms with Crippen LogP contribution in [0.2, 0.25) is 0 Å². The number of benzene rings is 2. The lowest BCUT2D eigenvalue weighted by Gasteiger charge is -2.23. The van der Waals surface area contributed by atoms with E-state index in [2.05, 4.69) is 12.2 Å². The van der Waals surface area contributed by atoms with Crippen molar-refractivity contribution in [1.82, 2.24) is 0 Å². The molecule has 2 unspecified atom stereocenters. The summed E-state index contributed by atoms with van der Waals surface area (Å²) in [4.78, 5) is 0. The summed E-state index contributed by atoms with van der Waals surface area (Å²) in [6, 6.07) is 5.99. The van der Waals surface area contributed by atoms with Gasteiger partial charge in [-0.25, -0.2) is 0 Å². The van der Waals surface area contributed by atoms with E-state index >= 15 is 0 Å². The van der Waals surface area contributed by atoms with Crippen molar-refractivity contribution >= 4 is 10.8 Å². The molecule has 26 heavy (non-hydrogen) atoms. The minimum Gasteiger partial charge on any atom is -0.490 e. The summed E-state index contributed by atoms with van der Waals surface area (Å²) in [7, 11) is 0. The molecular formula is C21H22O5. The van der Waals surface area contributed by atoms with Gasteiger partial charge in [-0.2, -0.15) is 0 Å². The predicted molar refractivity (Wildman–Crippen MR) is 96.9 cm³/mol. The van der Waals surface area contributed by atoms with Crippen LogP contribution in [0, 0.1) is 0 Å². The van der Waals surface area contributed by atoms with Gasteiger partial charge in [-0.3, -0.25) is 0 Å². The Bertz CT molecular complexity index is 865. The summed E-state index contributed by atoms with van der Waals surface area (Å²) in [6.07, 6.45) is 6.43. The first-order chi connectivity index (χ1) is 12.8. The van der Waals surface area contributed by atoms with E-state index in [1.54, 1.807) is 0 Å². The van der Waals surface area contributed by atoms with Gasteiger partial charge in [0.2, 0.25) is 0 Å². The zero-order valence-electron chi connectivity index (χ0n) is 14.6. The van der Waals surface area contributed by atoms with Gasteiger partial charge >= 0.3 is 0 Å². The first kappa shape index (κ1) is 16.1. The summed E-state index contributed by atoms with van der Waals surface area (Å²) in [5.74, 6) is 1.83. The second kappa shape index (κ2) is 6.58. The lowest BCUT2D eigenvalue weighted by atomic mass is 9.90. The van der Waals surface area contributed by atoms with Crippen molar-refractivity contribution in [2.75, 3.05) is 26.4 Å². The lowest BCUT2D eigenvalue weighted by Crippen LogP contribution is -2.12. The van der Waals surface area contributed by atoms with Crippen molar-refractivity contribution in [2.45, 2.75) is 31.7 Å². The Morgan fingerprint density at radius 1 is 0.885 bits per heavy atom. The molecule has 3 aliphatic rings. The fourth-order valence-corrected chi connectivity index (χ4v) is 3.52. The van der Waals surface area contributed by atoms with E-state index in [1.807, 2.05) is 18.2 Å². The van der Waals surface area contributed by atoms with Gasteiger partial charge in [-0.1, -0.05) is 24.3 Å². The van der Waals surface area contributed by atoms with Gasteiger partial charge in [0, 0.05) is 21.9 Å². The Hall–Kier alpha value is -2.08. The average Bonchev–Trinajstić information content (AvgIpc) is 3.59. The van der Waals surface area contributed by atoms with Crippen LogP contribution in [0.3, 0.4) is 0 Å². The number of aliphatic hydroxyl groups excluding tert-OH is 1. The van der Waals surface area contributed by atoms with Crippen molar-refractivity contribution < 1.29 is 24.1 Å². The third-order valence-corrected chi connectivity index (χ3v) is 5.11. The normalized spacial score (nSPS) is 23.0. The Kier molecular flexibility index (Phi) is 4.08. The molecule has 1 N–H and O–H groups in total. The molecule has 5 rings (SSSR count). The summed E-state index contributed by atoms with van der Waals surface area (Å²) in [5, 5.41) is 11.6. The highest BCUT2D eigenvalue weighted by Gasteiger charge is 2.28. The molecule has 2 aliphatic heterocycles. The standard InChI is InChI=1S/C21H22O5/c22-8-13-5-6-18-19(7-13)21(26-12-15-10-24-15)17-4-2-1-3-16(17)20(18)25-11-14-9-23-14/h1-2,5-7,14-15,22H,3-4,8-12H2. The second-order valence-corrected chi connectivity index (χ2v) is 7.07. The number of fused-ring (bicyclic) bond motifs is 2. The van der Waals surface area contributed by atoms with Crippen LogP contribution in [0.15, 0.2) is 30.4 Å². The van der Waals surface area contributed by atoms with Crippen LogP contribution >= 0.6 is 0 Å². The molecule has 5 heteroatoms. The lowest BCUT2D eigenvalue weighted by molar-refractivity contribution is 0.258. The molecule has 2 aromatic carbocycles. The van der Waals surface area contributed by atoms with Crippen LogP contribution < -0.4 is 9.47 Å². The van der Waals surface area contributed by atoms with Gasteiger partial charge in [0.25, 0.3) is 0 Å². The quantitative estimate of drug-likeness (QED) is 0.611. The third-order valence-electron chi connectivity index (χ3n) is 5.11. The number of allylic oxidation sites excluding steroid dienone is 2. The zero-order chi connectivity index (χ0) is 17.5. The number of epoxide rings is 2. The van der Waals surface area contributed by atoms with Crippen molar-refractivity contribution in [1.29, 1.82) is 0 Å². The molecule has 2 heterocycles. The van der Waals surface area contributed by atoms with Crippen LogP contribution in [0.25, 0.3) is 10.8 Å². The molecule has 5 nitrogen and oxygen atoms in total. The van der Waals surface area contributed by atoms with E-state index in [-0.39, 0.29) is 18.8 Å². The monoisotopic (exact) mass is 354 g/mol. The smallest absolute Gasteiger partial charge is 0.131 e. The molecule has 0 bridgehead atoms. The van der Waals surface area contributed by atoms with Crippen LogP contribution in [0.4, 0.5) is 0 Å². The summed E-state index contributed by atoms with van der Waals surface area (Å²) in [6.45, 7) is 2.68. The minimum atomic E-state index is 0.00417. The molecule has 0 radical (unpaired) electrons. The molecule has 0 amide bonds. The van der Waals surface area contributed by atoms with Gasteiger partial charge < -0.3 is 24.1 Å². The maximum absolute atomic E-state index is 9.59. The average molecular weight is 354 g/mol. The maximum atomic E-state index is 9.59. The van der Waals surface area contributed by atoms with Crippen LogP contribution in [0.5, 0.6) is 11.5 Å². The summed E-state index contributed by atoms with van der Waals surface area (Å²) < 4.78 is 23.0. The Labute approximate surface area is 152 Å². The summed E-state index contributed by atoms with van der Waals surface area (Å²) >= 11 is 0. The van der Waals surface area contributed by atoms with E-state index in [0.29, 0.717) is 13.2 Å². The Balaban J connectivity index is 1.65. The molecule has 2 saturated heterocycles. The highest BCUT2D eigenvalue weighted by Crippen LogP contribution is 2.44. The van der Waals surface area contributed by atoms with E-state index in [4.69, 9.17) is 18.9 Å². The van der Waals surface area contributed by atoms with E-state index in [1.165, 1.54) is 11.1 Å². The number of hydrogen-bond donors (Lipinski definition) is 1. The van der Waals surface area contributed by atoms with Crippen molar-refractivity contribution in [2.24, 2.45) is 0 Å². The molecule has 2 aromatic rings. The van der Waals surface area contributed by atoms with Crippen molar-refractivity contribution in [3.63, 3.8) is 0 Å². The Morgan fingerprint density at radius 3 is 2.00 bits per heavy atom. The predicted octanol–water partition coefficient (Wildman–Crippen LogP) is 2.54. The molecule has 2 fully saturated rings. The number of aliphatic hydroxyl groups is 1. The van der Waals surface area contributed by atoms with E-state index in [0.717, 1.165) is 53.9 Å². The summed E-state index contributed by atoms with van der Waals surface area (Å²) in [5.41, 5.74) is 3.25. The van der Waals surface area contributed by atoms with Gasteiger partial charge in [-0.15, -0.1) is 0 Å². The molecule has 2 atom stereocenters. The fraction of sp³-hybridized carbons (Fsp3) is 0.429. The number of ether oxygens (including phenoxy) is 4. The van der Waals surface area contributed by atoms with Gasteiger partial charge in [0.05, 0.1) is 19.8 Å². The Morgan fingerprint density at radius 2 is 1.46 bits per heavy atom. The van der Waals surface area contributed by atoms with Crippen molar-refractivity contribution in [3.05, 3.63) is 47.0 Å². The largest absolute Gasteiger partial charge is 0.490 e. The minimum absolute atomic E-state index is 0.00417. The van der Waals surface area contributed by atoms with Gasteiger partial charge in [0.1, 0.15) is 36.9 Å². The van der Waals surface area contributed by atoms with Gasteiger partial charge in [0.15, 0.2) is 0 Å². The molecule has 1 aliphatic carbocycles. The first-order valence-electron chi connectivity index (χ1n) is 9.18. The van der Waals surface area contributed by atoms with Crippen LogP contribution in [-0.4, -0.2) is 43.7 Å². The van der Waals surface area contributed by atoms with Gasteiger partial charge in [-0.05, 0) is 24.5 Å². The zero-order valence-corrected chi connectivity index (χ0v) is 14.6. The van der Waals surface area contributed by atoms with Crippen LogP contribution in [0.1, 0.15) is 16.7 Å². The molecule has 0 saturated carbocycles. The molecule has 0 aromatic heterocycles. The van der Waals surface area contributed by atoms with Crippen LogP contribution in [-0.2, 0) is 28.9 Å². The second-order valence-electron chi connectivity index (χ2n) is 7.07. The van der Waals surface area contributed by atoms with E-state index < -0.39 is 0 Å². The molecular weight excluding hydrogens is 332 g/mol. The first-order valence-corrected chi connectivity index (χ1v) is 9.18. The van der Waals surface area contributed by atoms with E-state index in [9.17, 15) is 5.11 Å². The van der Waals surface area contributed by atoms with Crippen molar-refractivity contribution in [3.8, 4) is 11.5 Å². The number of rotatable bonds is 7. The topological polar surface area (TPSA) is 63.8 Å². The SMILES string of the molecule is OCc1ccc2c(OCC3CO3)c3c(c(OCC4CO4)c2c1)CC=CC3. The maximum Gasteiger partial charge on any atom is 0.131 e. The molecule has 136 valence electrons.